The van der Waals surface area contributed by atoms with Gasteiger partial charge in [0.25, 0.3) is 5.56 Å². The molecule has 6 rings (SSSR count). The number of nitrogens with zero attached hydrogens (tertiary/aromatic N) is 9. The van der Waals surface area contributed by atoms with E-state index in [9.17, 15) is 25.0 Å². The molecule has 0 bridgehead atoms. The van der Waals surface area contributed by atoms with E-state index in [2.05, 4.69) is 52.8 Å². The van der Waals surface area contributed by atoms with E-state index in [0.717, 1.165) is 27.5 Å². The van der Waals surface area contributed by atoms with Gasteiger partial charge in [-0.05, 0) is 11.8 Å². The Bertz CT molecular complexity index is 1800. The fourth-order valence-electron chi connectivity index (χ4n) is 4.55. The van der Waals surface area contributed by atoms with Crippen LogP contribution >= 0.6 is 38.4 Å². The molecule has 0 aliphatic carbocycles. The van der Waals surface area contributed by atoms with E-state index < -0.39 is 72.9 Å². The summed E-state index contributed by atoms with van der Waals surface area (Å²) >= 11 is 9.33. The van der Waals surface area contributed by atoms with Crippen molar-refractivity contribution in [1.29, 1.82) is 0 Å². The van der Waals surface area contributed by atoms with Gasteiger partial charge < -0.3 is 40.9 Å². The third-order valence-electron chi connectivity index (χ3n) is 6.57. The summed E-state index contributed by atoms with van der Waals surface area (Å²) in [5.41, 5.74) is 10.7. The lowest BCUT2D eigenvalue weighted by Crippen LogP contribution is -2.36. The Morgan fingerprint density at radius 3 is 2.60 bits per heavy atom. The Morgan fingerprint density at radius 2 is 1.89 bits per heavy atom. The number of fused-ring (bicyclic) bond motifs is 2. The SMILES string of the molecule is Nc1nc2c(nnn2[C@@H]2S[C@H](CO)[C@@H](O)[C@H]2OP(O)(=S)OC[C@H]2O[C@@H](n3nnc4c(N)ncnc43)[C@@H](F)[C@@H]2O)c(=O)[nH]1.O=PS. The van der Waals surface area contributed by atoms with Crippen LogP contribution < -0.4 is 17.0 Å². The maximum absolute atomic E-state index is 15.1. The fourth-order valence-corrected chi connectivity index (χ4v) is 7.45. The number of aliphatic hydroxyl groups is 3. The van der Waals surface area contributed by atoms with Crippen LogP contribution in [0.1, 0.15) is 11.6 Å². The standard InChI is InChI=1S/C18H22FN12O8PS2.HOPS/c19-6-9(33)4(38-16(6)30-13-7(26-28-30)12(20)22-3-23-13)2-37-40(36,41)39-11-10(34)5(1-32)42-17(11)31-14-8(27-29-31)15(35)25-18(21)24-14;1-2-3/h3-6,9-11,16-17,32-34H,1-2H2,(H,36,41)(H2,20,22,23)(H3,21,24,25,35);(H,1,3)/t4-,5-,6+,9-,10-,11-,16-,17-,40?;/m1./s1. The van der Waals surface area contributed by atoms with Crippen LogP contribution in [0.15, 0.2) is 11.1 Å². The summed E-state index contributed by atoms with van der Waals surface area (Å²) in [7, 11) is -0.139. The second-order valence-corrected chi connectivity index (χ2v) is 14.1. The Hall–Kier alpha value is -2.54. The predicted molar refractivity (Wildman–Crippen MR) is 160 cm³/mol. The average molecular weight is 729 g/mol. The number of thioether (sulfide) groups is 1. The highest BCUT2D eigenvalue weighted by atomic mass is 32.7. The molecule has 4 aromatic rings. The zero-order valence-electron chi connectivity index (χ0n) is 22.2. The lowest BCUT2D eigenvalue weighted by molar-refractivity contribution is -0.0526. The molecule has 2 aliphatic heterocycles. The molecular weight excluding hydrogens is 705 g/mol. The number of rotatable bonds is 8. The van der Waals surface area contributed by atoms with Crippen molar-refractivity contribution in [3.63, 3.8) is 0 Å². The summed E-state index contributed by atoms with van der Waals surface area (Å²) in [5, 5.41) is 44.6. The van der Waals surface area contributed by atoms with Crippen molar-refractivity contribution >= 4 is 84.3 Å². The Morgan fingerprint density at radius 1 is 1.20 bits per heavy atom. The van der Waals surface area contributed by atoms with Crippen LogP contribution in [0.3, 0.4) is 0 Å². The lowest BCUT2D eigenvalue weighted by atomic mass is 10.1. The third kappa shape index (κ3) is 6.66. The van der Waals surface area contributed by atoms with E-state index >= 15 is 4.39 Å². The maximum atomic E-state index is 15.1. The second kappa shape index (κ2) is 13.7. The molecule has 0 radical (unpaired) electrons. The molecule has 1 unspecified atom stereocenters. The molecule has 0 amide bonds. The van der Waals surface area contributed by atoms with E-state index in [4.69, 9.17) is 41.6 Å². The summed E-state index contributed by atoms with van der Waals surface area (Å²) < 4.78 is 42.6. The van der Waals surface area contributed by atoms with Gasteiger partial charge in [-0.3, -0.25) is 18.9 Å². The van der Waals surface area contributed by atoms with Crippen molar-refractivity contribution in [3.8, 4) is 0 Å². The van der Waals surface area contributed by atoms with Gasteiger partial charge in [-0.2, -0.15) is 9.67 Å². The molecule has 0 aromatic carbocycles. The van der Waals surface area contributed by atoms with Crippen LogP contribution in [-0.2, 0) is 30.2 Å². The normalized spacial score (nSPS) is 29.6. The summed E-state index contributed by atoms with van der Waals surface area (Å²) in [4.78, 5) is 37.2. The highest BCUT2D eigenvalue weighted by Gasteiger charge is 2.50. The van der Waals surface area contributed by atoms with Gasteiger partial charge in [0, 0.05) is 0 Å². The van der Waals surface area contributed by atoms with Crippen molar-refractivity contribution in [2.45, 2.75) is 47.4 Å². The van der Waals surface area contributed by atoms with Crippen molar-refractivity contribution in [1.82, 2.24) is 49.9 Å². The van der Waals surface area contributed by atoms with Crippen LogP contribution in [0.5, 0.6) is 0 Å². The summed E-state index contributed by atoms with van der Waals surface area (Å²) in [6.07, 6.45) is -8.18. The van der Waals surface area contributed by atoms with Crippen molar-refractivity contribution in [2.24, 2.45) is 0 Å². The number of nitrogens with one attached hydrogen (secondary N) is 1. The van der Waals surface area contributed by atoms with Crippen molar-refractivity contribution in [3.05, 3.63) is 16.7 Å². The first-order valence-corrected chi connectivity index (χ1v) is 17.9. The van der Waals surface area contributed by atoms with Gasteiger partial charge in [0.2, 0.25) is 13.6 Å². The van der Waals surface area contributed by atoms with Gasteiger partial charge >= 0.3 is 6.72 Å². The van der Waals surface area contributed by atoms with Crippen LogP contribution in [0.25, 0.3) is 22.3 Å². The minimum absolute atomic E-state index is 0.0113. The molecule has 244 valence electrons. The molecule has 9 atom stereocenters. The summed E-state index contributed by atoms with van der Waals surface area (Å²) in [5.74, 6) is -0.210. The van der Waals surface area contributed by atoms with Crippen molar-refractivity contribution < 1.29 is 43.0 Å². The van der Waals surface area contributed by atoms with E-state index in [1.54, 1.807) is 0 Å². The number of aromatic amines is 1. The molecule has 2 saturated heterocycles. The lowest BCUT2D eigenvalue weighted by Gasteiger charge is -2.27. The van der Waals surface area contributed by atoms with E-state index in [1.807, 2.05) is 0 Å². The maximum Gasteiger partial charge on any atom is 0.325 e. The number of alkyl halides is 1. The number of H-pyrrole nitrogens is 1. The van der Waals surface area contributed by atoms with Gasteiger partial charge in [0.05, 0.1) is 24.6 Å². The van der Waals surface area contributed by atoms with Crippen LogP contribution in [0.2, 0.25) is 0 Å². The van der Waals surface area contributed by atoms with E-state index in [-0.39, 0.29) is 41.8 Å². The monoisotopic (exact) mass is 728 g/mol. The molecule has 2 fully saturated rings. The van der Waals surface area contributed by atoms with Gasteiger partial charge in [-0.15, -0.1) is 22.0 Å². The Kier molecular flexibility index (Phi) is 10.3. The third-order valence-corrected chi connectivity index (χ3v) is 9.65. The first-order chi connectivity index (χ1) is 21.4. The molecule has 45 heavy (non-hydrogen) atoms. The highest BCUT2D eigenvalue weighted by Crippen LogP contribution is 2.53. The molecule has 21 nitrogen and oxygen atoms in total. The van der Waals surface area contributed by atoms with Crippen LogP contribution in [0, 0.1) is 0 Å². The zero-order valence-corrected chi connectivity index (χ0v) is 26.5. The molecule has 27 heteroatoms. The van der Waals surface area contributed by atoms with Gasteiger partial charge in [0.1, 0.15) is 30.0 Å². The number of nitrogen functional groups attached to an aromatic ring is 2. The smallest absolute Gasteiger partial charge is 0.325 e. The Labute approximate surface area is 265 Å². The van der Waals surface area contributed by atoms with Crippen molar-refractivity contribution in [2.75, 3.05) is 24.7 Å². The number of hydrogen-bond donors (Lipinski definition) is 8. The second-order valence-electron chi connectivity index (χ2n) is 9.28. The predicted octanol–water partition coefficient (Wildman–Crippen LogP) is -1.78. The average Bonchev–Trinajstić information content (AvgIpc) is 3.74. The molecule has 6 heterocycles. The van der Waals surface area contributed by atoms with Crippen LogP contribution in [-0.4, -0.2) is 119 Å². The molecule has 0 spiro atoms. The molecule has 2 aliphatic rings. The molecule has 0 saturated carbocycles. The van der Waals surface area contributed by atoms with Gasteiger partial charge in [0.15, 0.2) is 40.5 Å². The first kappa shape index (κ1) is 33.8. The minimum Gasteiger partial charge on any atom is -0.395 e. The molecular formula is C18H23FN12O9P2S3. The number of anilines is 2. The molecule has 9 N–H and O–H groups in total. The molecule has 4 aromatic heterocycles. The topological polar surface area (TPSA) is 311 Å². The number of aromatic nitrogens is 10. The number of hydrogen-bond acceptors (Lipinski definition) is 19. The zero-order chi connectivity index (χ0) is 32.6. The number of ether oxygens (including phenoxy) is 1. The number of nitrogens with two attached hydrogens (primary N) is 2. The van der Waals surface area contributed by atoms with Gasteiger partial charge in [-0.1, -0.05) is 22.7 Å². The van der Waals surface area contributed by atoms with E-state index in [0.29, 0.717) is 0 Å². The number of halogens is 1. The largest absolute Gasteiger partial charge is 0.395 e. The van der Waals surface area contributed by atoms with Crippen LogP contribution in [0.4, 0.5) is 16.2 Å². The highest BCUT2D eigenvalue weighted by molar-refractivity contribution is 8.33. The number of aliphatic hydroxyl groups excluding tert-OH is 3. The summed E-state index contributed by atoms with van der Waals surface area (Å²) in [6.45, 7) is -5.36. The minimum atomic E-state index is -4.24. The summed E-state index contributed by atoms with van der Waals surface area (Å²) in [6, 6.07) is 0. The number of thiol groups is 1. The Balaban J connectivity index is 0.00000128. The first-order valence-electron chi connectivity index (χ1n) is 12.4. The fraction of sp³-hybridized carbons (Fsp3) is 0.556. The quantitative estimate of drug-likeness (QED) is 0.0734. The van der Waals surface area contributed by atoms with E-state index in [1.165, 1.54) is 0 Å². The van der Waals surface area contributed by atoms with Gasteiger partial charge in [-0.25, -0.2) is 19.0 Å².